The average Bonchev–Trinajstić information content (AvgIpc) is 3.70. The SMILES string of the molecule is Cc1ccc2[nH]c(=O)c([C@H](c3nnnn3C[C@@H]3CCCO3)N(Cc3ccccc3)Cc3cccs3)cc2c1. The van der Waals surface area contributed by atoms with Gasteiger partial charge in [-0.05, 0) is 70.8 Å². The van der Waals surface area contributed by atoms with E-state index in [0.29, 0.717) is 31.0 Å². The van der Waals surface area contributed by atoms with E-state index in [-0.39, 0.29) is 11.7 Å². The molecule has 0 amide bonds. The molecule has 3 aromatic heterocycles. The lowest BCUT2D eigenvalue weighted by molar-refractivity contribution is 0.0904. The zero-order valence-corrected chi connectivity index (χ0v) is 22.1. The fourth-order valence-electron chi connectivity index (χ4n) is 5.22. The van der Waals surface area contributed by atoms with Gasteiger partial charge in [0.1, 0.15) is 6.04 Å². The molecule has 1 aliphatic heterocycles. The minimum Gasteiger partial charge on any atom is -0.376 e. The van der Waals surface area contributed by atoms with E-state index in [1.165, 1.54) is 4.88 Å². The Morgan fingerprint density at radius 3 is 2.82 bits per heavy atom. The summed E-state index contributed by atoms with van der Waals surface area (Å²) >= 11 is 1.70. The predicted molar refractivity (Wildman–Crippen MR) is 148 cm³/mol. The molecule has 0 spiro atoms. The fraction of sp³-hybridized carbons (Fsp3) is 0.310. The molecule has 38 heavy (non-hydrogen) atoms. The number of H-pyrrole nitrogens is 1. The van der Waals surface area contributed by atoms with E-state index in [0.717, 1.165) is 41.5 Å². The van der Waals surface area contributed by atoms with Crippen LogP contribution in [0.2, 0.25) is 0 Å². The Morgan fingerprint density at radius 2 is 2.03 bits per heavy atom. The van der Waals surface area contributed by atoms with Crippen LogP contribution in [0.15, 0.2) is 76.9 Å². The van der Waals surface area contributed by atoms with Crippen LogP contribution in [0.25, 0.3) is 10.9 Å². The quantitative estimate of drug-likeness (QED) is 0.295. The third kappa shape index (κ3) is 5.31. The molecule has 4 heterocycles. The van der Waals surface area contributed by atoms with Gasteiger partial charge >= 0.3 is 0 Å². The molecule has 2 aromatic carbocycles. The van der Waals surface area contributed by atoms with Gasteiger partial charge in [-0.2, -0.15) is 0 Å². The van der Waals surface area contributed by atoms with Gasteiger partial charge in [0.2, 0.25) is 0 Å². The van der Waals surface area contributed by atoms with Crippen molar-refractivity contribution >= 4 is 22.2 Å². The van der Waals surface area contributed by atoms with E-state index in [9.17, 15) is 4.79 Å². The van der Waals surface area contributed by atoms with Crippen LogP contribution in [0, 0.1) is 6.92 Å². The van der Waals surface area contributed by atoms with E-state index in [1.54, 1.807) is 11.3 Å². The van der Waals surface area contributed by atoms with E-state index in [4.69, 9.17) is 4.74 Å². The standard InChI is InChI=1S/C29H30N6O2S/c1-20-11-12-26-22(15-20)16-25(29(36)30-26)27(28-31-32-33-35(28)18-23-9-5-13-37-23)34(19-24-10-6-14-38-24)17-21-7-3-2-4-8-21/h2-4,6-8,10-12,14-16,23,27H,5,9,13,17-19H2,1H3,(H,30,36)/t23-,27+/m0/s1. The number of tetrazole rings is 1. The lowest BCUT2D eigenvalue weighted by atomic mass is 10.0. The number of aromatic amines is 1. The lowest BCUT2D eigenvalue weighted by Crippen LogP contribution is -2.35. The number of hydrogen-bond donors (Lipinski definition) is 1. The van der Waals surface area contributed by atoms with Gasteiger partial charge in [-0.15, -0.1) is 16.4 Å². The number of aromatic nitrogens is 5. The number of pyridine rings is 1. The molecule has 6 rings (SSSR count). The first-order chi connectivity index (χ1) is 18.6. The highest BCUT2D eigenvalue weighted by atomic mass is 32.1. The summed E-state index contributed by atoms with van der Waals surface area (Å²) in [7, 11) is 0. The molecule has 0 bridgehead atoms. The maximum absolute atomic E-state index is 13.7. The Labute approximate surface area is 224 Å². The van der Waals surface area contributed by atoms with Gasteiger partial charge < -0.3 is 9.72 Å². The molecule has 0 saturated carbocycles. The number of thiophene rings is 1. The van der Waals surface area contributed by atoms with Crippen LogP contribution in [-0.4, -0.2) is 42.8 Å². The monoisotopic (exact) mass is 526 g/mol. The van der Waals surface area contributed by atoms with E-state index < -0.39 is 6.04 Å². The molecule has 0 aliphatic carbocycles. The summed E-state index contributed by atoms with van der Waals surface area (Å²) in [6, 6.07) is 22.1. The van der Waals surface area contributed by atoms with Crippen LogP contribution in [0.1, 0.15) is 46.3 Å². The third-order valence-electron chi connectivity index (χ3n) is 7.06. The van der Waals surface area contributed by atoms with Crippen molar-refractivity contribution in [3.05, 3.63) is 110 Å². The summed E-state index contributed by atoms with van der Waals surface area (Å²) in [6.07, 6.45) is 2.08. The van der Waals surface area contributed by atoms with Gasteiger partial charge in [-0.3, -0.25) is 9.69 Å². The summed E-state index contributed by atoms with van der Waals surface area (Å²) < 4.78 is 7.73. The fourth-order valence-corrected chi connectivity index (χ4v) is 5.95. The Morgan fingerprint density at radius 1 is 1.13 bits per heavy atom. The smallest absolute Gasteiger partial charge is 0.253 e. The second-order valence-corrected chi connectivity index (χ2v) is 10.9. The Balaban J connectivity index is 1.50. The number of nitrogens with one attached hydrogen (secondary N) is 1. The van der Waals surface area contributed by atoms with Crippen molar-refractivity contribution in [2.45, 2.75) is 51.5 Å². The van der Waals surface area contributed by atoms with Crippen molar-refractivity contribution < 1.29 is 4.74 Å². The van der Waals surface area contributed by atoms with Crippen LogP contribution in [0.4, 0.5) is 0 Å². The topological polar surface area (TPSA) is 88.9 Å². The minimum atomic E-state index is -0.470. The Kier molecular flexibility index (Phi) is 7.13. The normalized spacial score (nSPS) is 16.4. The average molecular weight is 527 g/mol. The molecule has 1 saturated heterocycles. The number of ether oxygens (including phenoxy) is 1. The first kappa shape index (κ1) is 24.7. The molecular weight excluding hydrogens is 496 g/mol. The molecular formula is C29H30N6O2S. The number of benzene rings is 2. The van der Waals surface area contributed by atoms with Crippen molar-refractivity contribution in [2.75, 3.05) is 6.61 Å². The van der Waals surface area contributed by atoms with Crippen LogP contribution in [0.3, 0.4) is 0 Å². The maximum atomic E-state index is 13.7. The number of nitrogens with zero attached hydrogens (tertiary/aromatic N) is 5. The molecule has 1 fully saturated rings. The number of aryl methyl sites for hydroxylation is 1. The van der Waals surface area contributed by atoms with Gasteiger partial charge in [0, 0.05) is 35.7 Å². The first-order valence-corrected chi connectivity index (χ1v) is 13.8. The molecule has 2 atom stereocenters. The van der Waals surface area contributed by atoms with Crippen LogP contribution in [-0.2, 0) is 24.4 Å². The molecule has 1 N–H and O–H groups in total. The minimum absolute atomic E-state index is 0.0651. The van der Waals surface area contributed by atoms with Crippen molar-refractivity contribution in [1.82, 2.24) is 30.1 Å². The number of fused-ring (bicyclic) bond motifs is 1. The van der Waals surface area contributed by atoms with Gasteiger partial charge in [-0.25, -0.2) is 4.68 Å². The third-order valence-corrected chi connectivity index (χ3v) is 7.92. The van der Waals surface area contributed by atoms with Gasteiger partial charge in [0.05, 0.1) is 12.6 Å². The predicted octanol–water partition coefficient (Wildman–Crippen LogP) is 4.86. The highest BCUT2D eigenvalue weighted by Crippen LogP contribution is 2.31. The van der Waals surface area contributed by atoms with Gasteiger partial charge in [-0.1, -0.05) is 48.0 Å². The Hall–Kier alpha value is -3.66. The highest BCUT2D eigenvalue weighted by molar-refractivity contribution is 7.09. The summed E-state index contributed by atoms with van der Waals surface area (Å²) in [4.78, 5) is 20.3. The molecule has 5 aromatic rings. The molecule has 1 aliphatic rings. The zero-order valence-electron chi connectivity index (χ0n) is 21.3. The van der Waals surface area contributed by atoms with Crippen LogP contribution >= 0.6 is 11.3 Å². The van der Waals surface area contributed by atoms with E-state index >= 15 is 0 Å². The van der Waals surface area contributed by atoms with Crippen LogP contribution in [0.5, 0.6) is 0 Å². The molecule has 8 nitrogen and oxygen atoms in total. The largest absolute Gasteiger partial charge is 0.376 e. The lowest BCUT2D eigenvalue weighted by Gasteiger charge is -2.31. The van der Waals surface area contributed by atoms with Crippen molar-refractivity contribution in [3.63, 3.8) is 0 Å². The van der Waals surface area contributed by atoms with E-state index in [2.05, 4.69) is 68.0 Å². The number of hydrogen-bond acceptors (Lipinski definition) is 7. The van der Waals surface area contributed by atoms with Crippen molar-refractivity contribution in [1.29, 1.82) is 0 Å². The zero-order chi connectivity index (χ0) is 25.9. The van der Waals surface area contributed by atoms with E-state index in [1.807, 2.05) is 41.1 Å². The molecule has 0 radical (unpaired) electrons. The van der Waals surface area contributed by atoms with Crippen molar-refractivity contribution in [2.24, 2.45) is 0 Å². The summed E-state index contributed by atoms with van der Waals surface area (Å²) in [5.41, 5.74) is 3.59. The Bertz CT molecular complexity index is 1560. The maximum Gasteiger partial charge on any atom is 0.253 e. The molecule has 194 valence electrons. The van der Waals surface area contributed by atoms with Crippen LogP contribution < -0.4 is 5.56 Å². The van der Waals surface area contributed by atoms with Gasteiger partial charge in [0.25, 0.3) is 5.56 Å². The second kappa shape index (κ2) is 11.0. The number of rotatable bonds is 9. The summed E-state index contributed by atoms with van der Waals surface area (Å²) in [5, 5.41) is 16.0. The molecule has 0 unspecified atom stereocenters. The summed E-state index contributed by atoms with van der Waals surface area (Å²) in [6.45, 7) is 4.65. The van der Waals surface area contributed by atoms with Crippen molar-refractivity contribution in [3.8, 4) is 0 Å². The second-order valence-electron chi connectivity index (χ2n) is 9.87. The van der Waals surface area contributed by atoms with Gasteiger partial charge in [0.15, 0.2) is 5.82 Å². The highest BCUT2D eigenvalue weighted by Gasteiger charge is 2.32. The first-order valence-electron chi connectivity index (χ1n) is 13.0. The summed E-state index contributed by atoms with van der Waals surface area (Å²) in [5.74, 6) is 0.644. The molecule has 9 heteroatoms.